The summed E-state index contributed by atoms with van der Waals surface area (Å²) in [5.74, 6) is -0.915. The summed E-state index contributed by atoms with van der Waals surface area (Å²) in [6, 6.07) is 0. The minimum Gasteiger partial charge on any atom is -0.463 e. The molecule has 2 aliphatic heterocycles. The Hall–Kier alpha value is -1.38. The van der Waals surface area contributed by atoms with Crippen molar-refractivity contribution in [2.45, 2.75) is 193 Å². The van der Waals surface area contributed by atoms with Crippen LogP contribution in [0.5, 0.6) is 0 Å². The highest BCUT2D eigenvalue weighted by atomic mass is 16.7. The predicted octanol–water partition coefficient (Wildman–Crippen LogP) is 3.79. The van der Waals surface area contributed by atoms with Crippen LogP contribution in [0.2, 0.25) is 0 Å². The second kappa shape index (κ2) is 13.1. The lowest BCUT2D eigenvalue weighted by molar-refractivity contribution is -0.333. The van der Waals surface area contributed by atoms with Crippen LogP contribution in [0, 0.1) is 39.4 Å². The molecule has 4 saturated carbocycles. The Labute approximate surface area is 309 Å². The smallest absolute Gasteiger partial charge is 0.302 e. The van der Waals surface area contributed by atoms with Gasteiger partial charge in [0.25, 0.3) is 0 Å². The minimum absolute atomic E-state index is 0.162. The van der Waals surface area contributed by atoms with Crippen LogP contribution < -0.4 is 0 Å². The van der Waals surface area contributed by atoms with Crippen molar-refractivity contribution in [2.75, 3.05) is 6.61 Å². The van der Waals surface area contributed by atoms with Gasteiger partial charge in [-0.05, 0) is 112 Å². The van der Waals surface area contributed by atoms with Crippen molar-refractivity contribution in [1.82, 2.24) is 0 Å². The summed E-state index contributed by atoms with van der Waals surface area (Å²) in [7, 11) is 0. The topological polar surface area (TPSA) is 181 Å². The summed E-state index contributed by atoms with van der Waals surface area (Å²) in [4.78, 5) is 24.3. The van der Waals surface area contributed by atoms with E-state index >= 15 is 0 Å². The van der Waals surface area contributed by atoms with Crippen LogP contribution in [-0.4, -0.2) is 110 Å². The number of aliphatic hydroxyl groups is 5. The first-order valence-electron chi connectivity index (χ1n) is 19.6. The van der Waals surface area contributed by atoms with Crippen molar-refractivity contribution in [1.29, 1.82) is 0 Å². The molecular formula is C40H66O12. The largest absolute Gasteiger partial charge is 0.463 e. The molecule has 0 radical (unpaired) electrons. The van der Waals surface area contributed by atoms with Gasteiger partial charge in [-0.15, -0.1) is 0 Å². The third kappa shape index (κ3) is 5.99. The minimum atomic E-state index is -1.54. The molecule has 6 fully saturated rings. The van der Waals surface area contributed by atoms with Crippen LogP contribution in [0.25, 0.3) is 0 Å². The first kappa shape index (κ1) is 40.3. The third-order valence-corrected chi connectivity index (χ3v) is 16.1. The number of ether oxygens (including phenoxy) is 5. The molecule has 298 valence electrons. The highest BCUT2D eigenvalue weighted by Crippen LogP contribution is 2.77. The van der Waals surface area contributed by atoms with Gasteiger partial charge >= 0.3 is 11.9 Å². The summed E-state index contributed by atoms with van der Waals surface area (Å²) < 4.78 is 30.5. The van der Waals surface area contributed by atoms with Gasteiger partial charge in [0.1, 0.15) is 42.7 Å². The Balaban J connectivity index is 1.28. The quantitative estimate of drug-likeness (QED) is 0.189. The molecule has 16 unspecified atom stereocenters. The summed E-state index contributed by atoms with van der Waals surface area (Å²) in [5.41, 5.74) is -4.35. The van der Waals surface area contributed by atoms with E-state index in [0.717, 1.165) is 25.7 Å². The molecule has 0 amide bonds. The summed E-state index contributed by atoms with van der Waals surface area (Å²) >= 11 is 0. The van der Waals surface area contributed by atoms with Gasteiger partial charge in [-0.1, -0.05) is 34.6 Å². The van der Waals surface area contributed by atoms with Crippen molar-refractivity contribution in [2.24, 2.45) is 39.4 Å². The molecule has 4 aliphatic carbocycles. The zero-order chi connectivity index (χ0) is 38.6. The van der Waals surface area contributed by atoms with Gasteiger partial charge in [0.15, 0.2) is 6.29 Å². The molecule has 12 nitrogen and oxygen atoms in total. The molecule has 16 atom stereocenters. The zero-order valence-electron chi connectivity index (χ0n) is 33.0. The number of carbonyl (C=O) groups is 2. The lowest BCUT2D eigenvalue weighted by Crippen LogP contribution is -2.70. The third-order valence-electron chi connectivity index (χ3n) is 16.1. The maximum atomic E-state index is 13.0. The number of hydrogen-bond acceptors (Lipinski definition) is 12. The van der Waals surface area contributed by atoms with Gasteiger partial charge in [0, 0.05) is 19.8 Å². The number of esters is 2. The predicted molar refractivity (Wildman–Crippen MR) is 188 cm³/mol. The number of rotatable bonds is 7. The van der Waals surface area contributed by atoms with Gasteiger partial charge in [-0.25, -0.2) is 0 Å². The fraction of sp³-hybridized carbons (Fsp3) is 0.950. The van der Waals surface area contributed by atoms with Crippen molar-refractivity contribution >= 4 is 11.9 Å². The van der Waals surface area contributed by atoms with Crippen LogP contribution >= 0.6 is 0 Å². The summed E-state index contributed by atoms with van der Waals surface area (Å²) in [6.45, 7) is 19.4. The molecule has 2 heterocycles. The Morgan fingerprint density at radius 3 is 2.08 bits per heavy atom. The van der Waals surface area contributed by atoms with Crippen LogP contribution in [0.1, 0.15) is 127 Å². The van der Waals surface area contributed by atoms with Gasteiger partial charge in [-0.3, -0.25) is 9.59 Å². The van der Waals surface area contributed by atoms with Gasteiger partial charge in [0.05, 0.1) is 23.4 Å². The van der Waals surface area contributed by atoms with Crippen molar-refractivity contribution in [3.63, 3.8) is 0 Å². The molecular weight excluding hydrogens is 672 g/mol. The lowest BCUT2D eigenvalue weighted by atomic mass is 9.35. The van der Waals surface area contributed by atoms with E-state index in [9.17, 15) is 35.1 Å². The highest BCUT2D eigenvalue weighted by molar-refractivity contribution is 5.66. The van der Waals surface area contributed by atoms with E-state index in [-0.39, 0.29) is 52.7 Å². The maximum Gasteiger partial charge on any atom is 0.302 e. The monoisotopic (exact) mass is 738 g/mol. The van der Waals surface area contributed by atoms with E-state index in [4.69, 9.17) is 23.7 Å². The molecule has 2 saturated heterocycles. The first-order chi connectivity index (χ1) is 23.9. The van der Waals surface area contributed by atoms with Crippen LogP contribution in [0.3, 0.4) is 0 Å². The van der Waals surface area contributed by atoms with Crippen LogP contribution in [-0.2, 0) is 33.3 Å². The molecule has 0 spiro atoms. The average Bonchev–Trinajstić information content (AvgIpc) is 3.59. The van der Waals surface area contributed by atoms with E-state index in [0.29, 0.717) is 32.1 Å². The molecule has 6 rings (SSSR count). The molecule has 0 aromatic carbocycles. The number of carbonyl (C=O) groups excluding carboxylic acids is 2. The maximum absolute atomic E-state index is 13.0. The van der Waals surface area contributed by atoms with E-state index < -0.39 is 71.1 Å². The lowest BCUT2D eigenvalue weighted by Gasteiger charge is -2.71. The Kier molecular flexibility index (Phi) is 10.2. The number of hydrogen-bond donors (Lipinski definition) is 5. The van der Waals surface area contributed by atoms with Crippen molar-refractivity contribution in [3.8, 4) is 0 Å². The molecule has 6 aliphatic rings. The van der Waals surface area contributed by atoms with Gasteiger partial charge < -0.3 is 49.2 Å². The summed E-state index contributed by atoms with van der Waals surface area (Å²) in [6.07, 6.45) is -1.62. The second-order valence-corrected chi connectivity index (χ2v) is 19.6. The Bertz CT molecular complexity index is 1380. The fourth-order valence-corrected chi connectivity index (χ4v) is 13.1. The molecule has 5 N–H and O–H groups in total. The second-order valence-electron chi connectivity index (χ2n) is 19.6. The molecule has 0 aromatic rings. The molecule has 0 bridgehead atoms. The molecule has 0 aromatic heterocycles. The molecule has 52 heavy (non-hydrogen) atoms. The fourth-order valence-electron chi connectivity index (χ4n) is 13.1. The van der Waals surface area contributed by atoms with E-state index in [1.807, 2.05) is 6.92 Å². The number of aliphatic hydroxyl groups excluding tert-OH is 3. The van der Waals surface area contributed by atoms with Crippen molar-refractivity contribution < 1.29 is 58.8 Å². The zero-order valence-corrected chi connectivity index (χ0v) is 33.0. The van der Waals surface area contributed by atoms with Gasteiger partial charge in [-0.2, -0.15) is 0 Å². The normalized spacial score (nSPS) is 51.6. The SMILES string of the molecule is CC(=O)OCC1OC(OC2CCC3(C)C(CCC4(C)C3CC(OC(C)=O)C3C4(C)CCC3(O)C3(C)CCC(C(C)(C)O)O3)C2(C)C)C(O)C(O)C1O. The van der Waals surface area contributed by atoms with E-state index in [2.05, 4.69) is 34.6 Å². The first-order valence-corrected chi connectivity index (χ1v) is 19.6. The average molecular weight is 739 g/mol. The highest BCUT2D eigenvalue weighted by Gasteiger charge is 2.76. The van der Waals surface area contributed by atoms with E-state index in [1.165, 1.54) is 13.8 Å². The number of fused-ring (bicyclic) bond motifs is 5. The Morgan fingerprint density at radius 2 is 1.48 bits per heavy atom. The van der Waals surface area contributed by atoms with Crippen LogP contribution in [0.4, 0.5) is 0 Å². The van der Waals surface area contributed by atoms with Crippen molar-refractivity contribution in [3.05, 3.63) is 0 Å². The van der Waals surface area contributed by atoms with Gasteiger partial charge in [0.2, 0.25) is 0 Å². The standard InChI is InChI=1S/C40H66O12/c1-21(41)48-20-24-29(43)30(44)31(45)33(50-24)51-27-12-14-36(7)25(34(27,3)4)11-15-37(8)26(36)19-23(49-22(2)42)32-38(37,9)17-18-40(32,47)39(10)16-13-28(52-39)35(5,6)46/h23-33,43-47H,11-20H2,1-10H3. The van der Waals surface area contributed by atoms with E-state index in [1.54, 1.807) is 13.8 Å². The Morgan fingerprint density at radius 1 is 0.808 bits per heavy atom. The summed E-state index contributed by atoms with van der Waals surface area (Å²) in [5, 5.41) is 56.0. The van der Waals surface area contributed by atoms with Crippen LogP contribution in [0.15, 0.2) is 0 Å². The molecule has 12 heteroatoms.